The molecule has 1 aromatic heterocycles. The van der Waals surface area contributed by atoms with E-state index in [1.807, 2.05) is 65.8 Å². The second-order valence-corrected chi connectivity index (χ2v) is 10.2. The molecule has 2 aromatic carbocycles. The number of aromatic nitrogens is 1. The highest BCUT2D eigenvalue weighted by Gasteiger charge is 2.39. The number of rotatable bonds is 4. The maximum absolute atomic E-state index is 13.5. The molecule has 0 bridgehead atoms. The third-order valence-corrected chi connectivity index (χ3v) is 7.70. The van der Waals surface area contributed by atoms with E-state index in [0.29, 0.717) is 15.8 Å². The van der Waals surface area contributed by atoms with Crippen LogP contribution in [-0.2, 0) is 11.0 Å². The third-order valence-electron chi connectivity index (χ3n) is 6.72. The number of halogens is 3. The van der Waals surface area contributed by atoms with Gasteiger partial charge in [-0.05, 0) is 92.6 Å². The summed E-state index contributed by atoms with van der Waals surface area (Å²) < 4.78 is 40.9. The molecule has 0 atom stereocenters. The maximum atomic E-state index is 13.5. The number of thioether (sulfide) groups is 1. The summed E-state index contributed by atoms with van der Waals surface area (Å²) in [6.07, 6.45) is 1.65. The van der Waals surface area contributed by atoms with Gasteiger partial charge in [0.15, 0.2) is 5.17 Å². The van der Waals surface area contributed by atoms with Crippen molar-refractivity contribution in [3.63, 3.8) is 0 Å². The maximum Gasteiger partial charge on any atom is 0.416 e. The van der Waals surface area contributed by atoms with E-state index in [9.17, 15) is 18.0 Å². The van der Waals surface area contributed by atoms with Crippen molar-refractivity contribution in [2.24, 2.45) is 4.99 Å². The minimum absolute atomic E-state index is 0.0408. The molecule has 1 aliphatic carbocycles. The van der Waals surface area contributed by atoms with Crippen molar-refractivity contribution in [1.82, 2.24) is 9.47 Å². The Morgan fingerprint density at radius 3 is 2.31 bits per heavy atom. The normalized spacial score (nSPS) is 19.2. The van der Waals surface area contributed by atoms with E-state index in [-0.39, 0.29) is 11.9 Å². The van der Waals surface area contributed by atoms with Crippen LogP contribution in [0.25, 0.3) is 11.8 Å². The van der Waals surface area contributed by atoms with E-state index in [1.165, 1.54) is 23.9 Å². The van der Waals surface area contributed by atoms with Gasteiger partial charge in [0.05, 0.1) is 16.2 Å². The molecule has 1 aliphatic heterocycles. The van der Waals surface area contributed by atoms with Crippen molar-refractivity contribution in [2.45, 2.75) is 51.7 Å². The van der Waals surface area contributed by atoms with Gasteiger partial charge in [-0.3, -0.25) is 9.69 Å². The summed E-state index contributed by atoms with van der Waals surface area (Å²) in [5.41, 5.74) is 3.36. The zero-order valence-corrected chi connectivity index (χ0v) is 20.9. The number of hydrogen-bond donors (Lipinski definition) is 0. The van der Waals surface area contributed by atoms with Gasteiger partial charge in [0, 0.05) is 23.1 Å². The predicted octanol–water partition coefficient (Wildman–Crippen LogP) is 7.66. The lowest BCUT2D eigenvalue weighted by Gasteiger charge is -2.22. The van der Waals surface area contributed by atoms with Crippen molar-refractivity contribution < 1.29 is 18.0 Å². The monoisotopic (exact) mass is 509 g/mol. The van der Waals surface area contributed by atoms with Gasteiger partial charge in [-0.25, -0.2) is 4.99 Å². The number of amidine groups is 1. The molecule has 1 amide bonds. The number of benzene rings is 2. The highest BCUT2D eigenvalue weighted by molar-refractivity contribution is 8.18. The largest absolute Gasteiger partial charge is 0.416 e. The van der Waals surface area contributed by atoms with Gasteiger partial charge in [-0.1, -0.05) is 31.0 Å². The number of para-hydroxylation sites is 1. The van der Waals surface area contributed by atoms with Crippen LogP contribution in [0, 0.1) is 13.8 Å². The number of carbonyl (C=O) groups excluding carboxylic acids is 1. The van der Waals surface area contributed by atoms with Crippen LogP contribution >= 0.6 is 11.8 Å². The first kappa shape index (κ1) is 24.4. The molecule has 1 saturated heterocycles. The van der Waals surface area contributed by atoms with Crippen molar-refractivity contribution in [3.8, 4) is 5.69 Å². The molecule has 2 heterocycles. The third kappa shape index (κ3) is 4.74. The summed E-state index contributed by atoms with van der Waals surface area (Å²) in [6, 6.07) is 16.9. The minimum Gasteiger partial charge on any atom is -0.318 e. The first-order valence-electron chi connectivity index (χ1n) is 12.0. The number of nitrogens with zero attached hydrogens (tertiary/aromatic N) is 3. The molecular formula is C28H26F3N3OS. The lowest BCUT2D eigenvalue weighted by atomic mass is 10.2. The average molecular weight is 510 g/mol. The van der Waals surface area contributed by atoms with E-state index >= 15 is 0 Å². The highest BCUT2D eigenvalue weighted by atomic mass is 32.2. The van der Waals surface area contributed by atoms with Gasteiger partial charge in [-0.15, -0.1) is 0 Å². The van der Waals surface area contributed by atoms with Gasteiger partial charge in [0.1, 0.15) is 0 Å². The quantitative estimate of drug-likeness (QED) is 0.339. The zero-order valence-electron chi connectivity index (χ0n) is 20.0. The summed E-state index contributed by atoms with van der Waals surface area (Å²) in [5.74, 6) is -0.0408. The predicted molar refractivity (Wildman–Crippen MR) is 138 cm³/mol. The lowest BCUT2D eigenvalue weighted by molar-refractivity contribution is -0.137. The summed E-state index contributed by atoms with van der Waals surface area (Å²) >= 11 is 1.38. The molecule has 2 fully saturated rings. The van der Waals surface area contributed by atoms with Crippen molar-refractivity contribution in [3.05, 3.63) is 88.1 Å². The lowest BCUT2D eigenvalue weighted by Crippen LogP contribution is -2.37. The van der Waals surface area contributed by atoms with Crippen molar-refractivity contribution in [2.75, 3.05) is 0 Å². The Bertz CT molecular complexity index is 1330. The zero-order chi connectivity index (χ0) is 25.4. The van der Waals surface area contributed by atoms with Gasteiger partial charge in [0.2, 0.25) is 0 Å². The Kier molecular flexibility index (Phi) is 6.55. The number of aliphatic imine (C=N–C) groups is 1. The fourth-order valence-corrected chi connectivity index (χ4v) is 5.98. The van der Waals surface area contributed by atoms with Crippen molar-refractivity contribution in [1.29, 1.82) is 0 Å². The molecule has 3 aromatic rings. The number of carbonyl (C=O) groups is 1. The SMILES string of the molecule is Cc1cc(/C=C2\SC(=Nc3ccccc3)N(C3CCCC3)C2=O)c(C)n1-c1ccc(C(F)(F)F)cc1. The Balaban J connectivity index is 1.49. The Hall–Kier alpha value is -3.26. The van der Waals surface area contributed by atoms with Crippen LogP contribution in [-0.4, -0.2) is 26.6 Å². The molecule has 186 valence electrons. The Labute approximate surface area is 212 Å². The second-order valence-electron chi connectivity index (χ2n) is 9.16. The molecule has 8 heteroatoms. The van der Waals surface area contributed by atoms with Crippen LogP contribution in [0.2, 0.25) is 0 Å². The summed E-state index contributed by atoms with van der Waals surface area (Å²) in [4.78, 5) is 20.8. The van der Waals surface area contributed by atoms with Gasteiger partial charge in [-0.2, -0.15) is 13.2 Å². The van der Waals surface area contributed by atoms with Crippen LogP contribution < -0.4 is 0 Å². The fraction of sp³-hybridized carbons (Fsp3) is 0.286. The Morgan fingerprint density at radius 2 is 1.67 bits per heavy atom. The molecule has 1 saturated carbocycles. The molecule has 0 unspecified atom stereocenters. The highest BCUT2D eigenvalue weighted by Crippen LogP contribution is 2.39. The van der Waals surface area contributed by atoms with Crippen LogP contribution in [0.5, 0.6) is 0 Å². The van der Waals surface area contributed by atoms with E-state index in [1.54, 1.807) is 0 Å². The van der Waals surface area contributed by atoms with E-state index in [4.69, 9.17) is 4.99 Å². The van der Waals surface area contributed by atoms with Gasteiger partial charge >= 0.3 is 6.18 Å². The number of hydrogen-bond acceptors (Lipinski definition) is 3. The summed E-state index contributed by atoms with van der Waals surface area (Å²) in [7, 11) is 0. The van der Waals surface area contributed by atoms with Gasteiger partial charge in [0.25, 0.3) is 5.91 Å². The van der Waals surface area contributed by atoms with Crippen molar-refractivity contribution >= 4 is 34.6 Å². The van der Waals surface area contributed by atoms with Crippen LogP contribution in [0.15, 0.2) is 70.6 Å². The Morgan fingerprint density at radius 1 is 1.00 bits per heavy atom. The van der Waals surface area contributed by atoms with E-state index < -0.39 is 11.7 Å². The molecule has 5 rings (SSSR count). The molecule has 2 aliphatic rings. The minimum atomic E-state index is -4.38. The molecule has 36 heavy (non-hydrogen) atoms. The molecule has 0 radical (unpaired) electrons. The summed E-state index contributed by atoms with van der Waals surface area (Å²) in [5, 5.41) is 0.695. The topological polar surface area (TPSA) is 37.6 Å². The fourth-order valence-electron chi connectivity index (χ4n) is 4.93. The molecular weight excluding hydrogens is 483 g/mol. The molecule has 0 N–H and O–H groups in total. The first-order chi connectivity index (χ1) is 17.2. The second kappa shape index (κ2) is 9.65. The average Bonchev–Trinajstić information content (AvgIpc) is 3.54. The first-order valence-corrected chi connectivity index (χ1v) is 12.8. The van der Waals surface area contributed by atoms with E-state index in [2.05, 4.69) is 0 Å². The smallest absolute Gasteiger partial charge is 0.318 e. The molecule has 0 spiro atoms. The summed E-state index contributed by atoms with van der Waals surface area (Å²) in [6.45, 7) is 3.82. The molecule has 4 nitrogen and oxygen atoms in total. The van der Waals surface area contributed by atoms with Crippen LogP contribution in [0.3, 0.4) is 0 Å². The van der Waals surface area contributed by atoms with Gasteiger partial charge < -0.3 is 4.57 Å². The van der Waals surface area contributed by atoms with Crippen LogP contribution in [0.4, 0.5) is 18.9 Å². The van der Waals surface area contributed by atoms with E-state index in [0.717, 1.165) is 60.5 Å². The number of amides is 1. The number of alkyl halides is 3. The standard InChI is InChI=1S/C28H26F3N3OS/c1-18-16-20(19(2)33(18)24-14-12-21(13-15-24)28(29,30)31)17-25-26(35)34(23-10-6-7-11-23)27(36-25)32-22-8-4-3-5-9-22/h3-5,8-9,12-17,23H,6-7,10-11H2,1-2H3/b25-17-,32-27?. The number of aryl methyl sites for hydroxylation is 1. The van der Waals surface area contributed by atoms with Crippen LogP contribution in [0.1, 0.15) is 48.2 Å².